The van der Waals surface area contributed by atoms with Crippen molar-refractivity contribution in [3.05, 3.63) is 29.3 Å². The van der Waals surface area contributed by atoms with Crippen LogP contribution in [0, 0.1) is 24.7 Å². The summed E-state index contributed by atoms with van der Waals surface area (Å²) in [7, 11) is 0. The van der Waals surface area contributed by atoms with Crippen molar-refractivity contribution >= 4 is 11.6 Å². The largest absolute Gasteiger partial charge is 0.395 e. The number of aliphatic hydroxyl groups excluding tert-OH is 1. The molecule has 1 amide bonds. The zero-order chi connectivity index (χ0) is 15.0. The average molecular weight is 273 g/mol. The van der Waals surface area contributed by atoms with Crippen LogP contribution in [-0.2, 0) is 4.79 Å². The van der Waals surface area contributed by atoms with E-state index in [0.29, 0.717) is 18.8 Å². The van der Waals surface area contributed by atoms with Gasteiger partial charge in [0, 0.05) is 24.1 Å². The lowest BCUT2D eigenvalue weighted by Crippen LogP contribution is -2.15. The molecule has 0 bridgehead atoms. The summed E-state index contributed by atoms with van der Waals surface area (Å²) in [6.45, 7) is 6.19. The van der Waals surface area contributed by atoms with E-state index in [-0.39, 0.29) is 12.5 Å². The quantitative estimate of drug-likeness (QED) is 0.810. The molecule has 0 aliphatic heterocycles. The van der Waals surface area contributed by atoms with E-state index in [2.05, 4.69) is 31.0 Å². The van der Waals surface area contributed by atoms with Crippen LogP contribution in [0.1, 0.15) is 44.2 Å². The highest BCUT2D eigenvalue weighted by molar-refractivity contribution is 5.91. The second-order valence-corrected chi connectivity index (χ2v) is 5.07. The topological polar surface area (TPSA) is 49.3 Å². The molecule has 1 rings (SSSR count). The predicted octanol–water partition coefficient (Wildman–Crippen LogP) is 3.10. The van der Waals surface area contributed by atoms with Crippen molar-refractivity contribution in [1.29, 1.82) is 0 Å². The zero-order valence-electron chi connectivity index (χ0n) is 12.5. The molecule has 3 nitrogen and oxygen atoms in total. The van der Waals surface area contributed by atoms with Gasteiger partial charge in [-0.05, 0) is 30.5 Å². The highest BCUT2D eigenvalue weighted by Crippen LogP contribution is 2.18. The summed E-state index contributed by atoms with van der Waals surface area (Å²) in [6, 6.07) is 5.75. The molecule has 0 saturated carbocycles. The van der Waals surface area contributed by atoms with Crippen molar-refractivity contribution in [2.75, 3.05) is 11.9 Å². The number of anilines is 1. The van der Waals surface area contributed by atoms with E-state index in [4.69, 9.17) is 5.11 Å². The zero-order valence-corrected chi connectivity index (χ0v) is 12.5. The number of amides is 1. The minimum atomic E-state index is 0.0444. The number of carbonyl (C=O) groups excluding carboxylic acids is 1. The lowest BCUT2D eigenvalue weighted by Gasteiger charge is -2.11. The van der Waals surface area contributed by atoms with Crippen molar-refractivity contribution < 1.29 is 9.90 Å². The Balaban J connectivity index is 2.77. The Bertz CT molecular complexity index is 511. The first-order valence-electron chi connectivity index (χ1n) is 7.07. The van der Waals surface area contributed by atoms with Crippen molar-refractivity contribution in [2.24, 2.45) is 5.92 Å². The first-order chi connectivity index (χ1) is 9.56. The van der Waals surface area contributed by atoms with E-state index < -0.39 is 0 Å². The van der Waals surface area contributed by atoms with Gasteiger partial charge in [-0.1, -0.05) is 38.2 Å². The summed E-state index contributed by atoms with van der Waals surface area (Å²) in [5.41, 5.74) is 2.69. The molecule has 0 aliphatic rings. The van der Waals surface area contributed by atoms with Crippen molar-refractivity contribution in [2.45, 2.75) is 40.0 Å². The van der Waals surface area contributed by atoms with Crippen LogP contribution >= 0.6 is 0 Å². The maximum Gasteiger partial charge on any atom is 0.224 e. The minimum absolute atomic E-state index is 0.0444. The third kappa shape index (κ3) is 5.46. The van der Waals surface area contributed by atoms with Crippen LogP contribution in [0.2, 0.25) is 0 Å². The Kier molecular flexibility index (Phi) is 6.83. The number of rotatable bonds is 5. The molecule has 0 aromatic heterocycles. The Morgan fingerprint density at radius 1 is 1.45 bits per heavy atom. The van der Waals surface area contributed by atoms with Gasteiger partial charge in [0.05, 0.1) is 6.61 Å². The number of carbonyl (C=O) groups is 1. The Morgan fingerprint density at radius 2 is 2.20 bits per heavy atom. The van der Waals surface area contributed by atoms with Gasteiger partial charge in [0.25, 0.3) is 0 Å². The summed E-state index contributed by atoms with van der Waals surface area (Å²) < 4.78 is 0. The smallest absolute Gasteiger partial charge is 0.224 e. The summed E-state index contributed by atoms with van der Waals surface area (Å²) >= 11 is 0. The first-order valence-corrected chi connectivity index (χ1v) is 7.07. The maximum absolute atomic E-state index is 11.9. The predicted molar refractivity (Wildman–Crippen MR) is 82.5 cm³/mol. The molecular weight excluding hydrogens is 250 g/mol. The molecule has 0 spiro atoms. The molecule has 0 fully saturated rings. The number of aliphatic hydroxyl groups is 1. The fraction of sp³-hybridized carbons (Fsp3) is 0.471. The van der Waals surface area contributed by atoms with Crippen LogP contribution in [0.4, 0.5) is 5.69 Å². The minimum Gasteiger partial charge on any atom is -0.395 e. The number of aryl methyl sites for hydroxylation is 1. The lowest BCUT2D eigenvalue weighted by atomic mass is 10.0. The summed E-state index contributed by atoms with van der Waals surface area (Å²) in [5.74, 6) is 6.29. The van der Waals surface area contributed by atoms with E-state index >= 15 is 0 Å². The van der Waals surface area contributed by atoms with Crippen molar-refractivity contribution in [3.63, 3.8) is 0 Å². The van der Waals surface area contributed by atoms with E-state index in [0.717, 1.165) is 23.2 Å². The second kappa shape index (κ2) is 8.39. The number of nitrogens with one attached hydrogen (secondary N) is 1. The van der Waals surface area contributed by atoms with Gasteiger partial charge in [0.15, 0.2) is 0 Å². The summed E-state index contributed by atoms with van der Waals surface area (Å²) in [6.07, 6.45) is 2.00. The monoisotopic (exact) mass is 273 g/mol. The molecule has 0 saturated heterocycles. The van der Waals surface area contributed by atoms with Crippen LogP contribution in [0.15, 0.2) is 18.2 Å². The van der Waals surface area contributed by atoms with Gasteiger partial charge in [0.2, 0.25) is 5.91 Å². The highest BCUT2D eigenvalue weighted by atomic mass is 16.2. The lowest BCUT2D eigenvalue weighted by molar-refractivity contribution is -0.117. The number of hydrogen-bond donors (Lipinski definition) is 2. The van der Waals surface area contributed by atoms with Gasteiger partial charge in [-0.25, -0.2) is 0 Å². The van der Waals surface area contributed by atoms with Crippen LogP contribution in [0.3, 0.4) is 0 Å². The Labute approximate surface area is 121 Å². The molecule has 108 valence electrons. The first kappa shape index (κ1) is 16.3. The van der Waals surface area contributed by atoms with Gasteiger partial charge in [0.1, 0.15) is 0 Å². The van der Waals surface area contributed by atoms with E-state index in [1.54, 1.807) is 0 Å². The van der Waals surface area contributed by atoms with Crippen molar-refractivity contribution in [1.82, 2.24) is 0 Å². The van der Waals surface area contributed by atoms with Crippen LogP contribution in [0.25, 0.3) is 0 Å². The fourth-order valence-electron chi connectivity index (χ4n) is 1.72. The molecule has 2 N–H and O–H groups in total. The Hall–Kier alpha value is -1.79. The molecule has 3 heteroatoms. The van der Waals surface area contributed by atoms with E-state index in [9.17, 15) is 4.79 Å². The van der Waals surface area contributed by atoms with Gasteiger partial charge < -0.3 is 10.4 Å². The van der Waals surface area contributed by atoms with Gasteiger partial charge in [-0.2, -0.15) is 0 Å². The third-order valence-electron chi connectivity index (χ3n) is 3.21. The summed E-state index contributed by atoms with van der Waals surface area (Å²) in [4.78, 5) is 11.9. The normalized spacial score (nSPS) is 11.4. The molecule has 1 aromatic carbocycles. The van der Waals surface area contributed by atoms with Crippen LogP contribution in [-0.4, -0.2) is 17.6 Å². The van der Waals surface area contributed by atoms with Crippen LogP contribution in [0.5, 0.6) is 0 Å². The average Bonchev–Trinajstić information content (AvgIpc) is 2.42. The van der Waals surface area contributed by atoms with Crippen molar-refractivity contribution in [3.8, 4) is 11.8 Å². The molecular formula is C17H23NO2. The maximum atomic E-state index is 11.9. The van der Waals surface area contributed by atoms with E-state index in [1.165, 1.54) is 0 Å². The molecule has 1 unspecified atom stereocenters. The molecule has 20 heavy (non-hydrogen) atoms. The SMILES string of the molecule is CCC(C)CC(=O)Nc1cc(C#CCCO)ccc1C. The molecule has 0 aliphatic carbocycles. The number of benzene rings is 1. The highest BCUT2D eigenvalue weighted by Gasteiger charge is 2.09. The van der Waals surface area contributed by atoms with Gasteiger partial charge in [-0.3, -0.25) is 4.79 Å². The molecule has 1 aromatic rings. The standard InChI is InChI=1S/C17H23NO2/c1-4-13(2)11-17(20)18-16-12-15(7-5-6-10-19)9-8-14(16)3/h8-9,12-13,19H,4,6,10-11H2,1-3H3,(H,18,20). The Morgan fingerprint density at radius 3 is 2.85 bits per heavy atom. The molecule has 0 radical (unpaired) electrons. The van der Waals surface area contributed by atoms with Crippen LogP contribution < -0.4 is 5.32 Å². The summed E-state index contributed by atoms with van der Waals surface area (Å²) in [5, 5.41) is 11.7. The molecule has 1 atom stereocenters. The van der Waals surface area contributed by atoms with Gasteiger partial charge in [-0.15, -0.1) is 0 Å². The fourth-order valence-corrected chi connectivity index (χ4v) is 1.72. The van der Waals surface area contributed by atoms with E-state index in [1.807, 2.05) is 25.1 Å². The third-order valence-corrected chi connectivity index (χ3v) is 3.21. The second-order valence-electron chi connectivity index (χ2n) is 5.07. The number of hydrogen-bond acceptors (Lipinski definition) is 2. The van der Waals surface area contributed by atoms with Gasteiger partial charge >= 0.3 is 0 Å². The molecule has 0 heterocycles.